The van der Waals surface area contributed by atoms with Crippen molar-refractivity contribution in [1.29, 1.82) is 0 Å². The molecule has 0 bridgehead atoms. The molecule has 0 radical (unpaired) electrons. The summed E-state index contributed by atoms with van der Waals surface area (Å²) in [5.41, 5.74) is 1.94. The fourth-order valence-corrected chi connectivity index (χ4v) is 6.98. The van der Waals surface area contributed by atoms with Gasteiger partial charge < -0.3 is 14.5 Å². The Balaban J connectivity index is 1.24. The highest BCUT2D eigenvalue weighted by atomic mass is 19.3. The van der Waals surface area contributed by atoms with Crippen molar-refractivity contribution in [2.45, 2.75) is 71.1 Å². The van der Waals surface area contributed by atoms with E-state index in [9.17, 15) is 13.6 Å². The van der Waals surface area contributed by atoms with Crippen LogP contribution in [0.4, 0.5) is 28.0 Å². The lowest BCUT2D eigenvalue weighted by Crippen LogP contribution is -2.62. The molecule has 0 saturated carbocycles. The number of benzene rings is 2. The topological polar surface area (TPSA) is 64.7 Å². The number of hydrogen-bond donors (Lipinski definition) is 1. The van der Waals surface area contributed by atoms with Gasteiger partial charge >= 0.3 is 6.09 Å². The molecule has 3 aliphatic rings. The van der Waals surface area contributed by atoms with Gasteiger partial charge in [0.05, 0.1) is 24.3 Å². The molecule has 11 heteroatoms. The molecule has 226 valence electrons. The monoisotopic (exact) mass is 587 g/mol. The van der Waals surface area contributed by atoms with Crippen molar-refractivity contribution in [2.24, 2.45) is 5.41 Å². The van der Waals surface area contributed by atoms with Gasteiger partial charge in [0.15, 0.2) is 0 Å². The predicted octanol–water partition coefficient (Wildman–Crippen LogP) is 6.28. The summed E-state index contributed by atoms with van der Waals surface area (Å²) in [5.74, 6) is -1.50. The number of carbonyl (C=O) groups is 1. The van der Waals surface area contributed by atoms with Crippen molar-refractivity contribution >= 4 is 22.7 Å². The van der Waals surface area contributed by atoms with Gasteiger partial charge in [0, 0.05) is 54.3 Å². The Kier molecular flexibility index (Phi) is 7.14. The molecule has 2 saturated heterocycles. The minimum Gasteiger partial charge on any atom is -0.444 e. The van der Waals surface area contributed by atoms with Crippen LogP contribution in [0.5, 0.6) is 0 Å². The van der Waals surface area contributed by atoms with E-state index in [0.717, 1.165) is 29.3 Å². The second kappa shape index (κ2) is 10.4. The number of amides is 1. The maximum atomic E-state index is 16.0. The Morgan fingerprint density at radius 3 is 2.43 bits per heavy atom. The molecule has 2 fully saturated rings. The Labute approximate surface area is 242 Å². The van der Waals surface area contributed by atoms with Gasteiger partial charge in [0.2, 0.25) is 0 Å². The molecule has 3 aliphatic heterocycles. The highest BCUT2D eigenvalue weighted by molar-refractivity contribution is 5.83. The van der Waals surface area contributed by atoms with Crippen LogP contribution in [0.1, 0.15) is 63.3 Å². The van der Waals surface area contributed by atoms with Crippen LogP contribution in [-0.2, 0) is 11.2 Å². The summed E-state index contributed by atoms with van der Waals surface area (Å²) in [6, 6.07) is 4.85. The maximum absolute atomic E-state index is 16.0. The average Bonchev–Trinajstić information content (AvgIpc) is 3.37. The van der Waals surface area contributed by atoms with Gasteiger partial charge in [-0.25, -0.2) is 22.4 Å². The molecule has 0 unspecified atom stereocenters. The number of aromatic amines is 1. The molecule has 7 nitrogen and oxygen atoms in total. The van der Waals surface area contributed by atoms with Gasteiger partial charge in [-0.05, 0) is 76.3 Å². The van der Waals surface area contributed by atoms with Crippen molar-refractivity contribution in [3.63, 3.8) is 0 Å². The molecule has 2 aromatic carbocycles. The zero-order valence-corrected chi connectivity index (χ0v) is 24.4. The van der Waals surface area contributed by atoms with Crippen LogP contribution in [0.15, 0.2) is 30.5 Å². The first-order valence-electron chi connectivity index (χ1n) is 14.5. The van der Waals surface area contributed by atoms with Gasteiger partial charge in [-0.2, -0.15) is 5.10 Å². The second-order valence-electron chi connectivity index (χ2n) is 13.2. The van der Waals surface area contributed by atoms with Gasteiger partial charge in [0.25, 0.3) is 6.43 Å². The number of anilines is 1. The van der Waals surface area contributed by atoms with Gasteiger partial charge in [-0.3, -0.25) is 10.00 Å². The molecular weight excluding hydrogens is 550 g/mol. The van der Waals surface area contributed by atoms with E-state index in [1.165, 1.54) is 17.0 Å². The van der Waals surface area contributed by atoms with E-state index < -0.39 is 36.2 Å². The van der Waals surface area contributed by atoms with E-state index in [2.05, 4.69) is 10.2 Å². The number of ether oxygens (including phenoxy) is 1. The summed E-state index contributed by atoms with van der Waals surface area (Å²) < 4.78 is 64.9. The third kappa shape index (κ3) is 5.20. The minimum absolute atomic E-state index is 0.0133. The molecule has 1 aromatic heterocycles. The summed E-state index contributed by atoms with van der Waals surface area (Å²) in [7, 11) is 0. The summed E-state index contributed by atoms with van der Waals surface area (Å²) in [6.07, 6.45) is 0.745. The summed E-state index contributed by atoms with van der Waals surface area (Å²) in [4.78, 5) is 17.6. The van der Waals surface area contributed by atoms with Crippen molar-refractivity contribution in [3.05, 3.63) is 58.8 Å². The number of carbonyl (C=O) groups excluding carboxylic acids is 1. The molecular formula is C31H37F4N5O2. The number of aromatic nitrogens is 2. The lowest BCUT2D eigenvalue weighted by atomic mass is 9.72. The van der Waals surface area contributed by atoms with Crippen LogP contribution in [0, 0.1) is 17.0 Å². The summed E-state index contributed by atoms with van der Waals surface area (Å²) in [5, 5.41) is 7.86. The number of H-pyrrole nitrogens is 1. The number of fused-ring (bicyclic) bond motifs is 3. The fraction of sp³-hybridized carbons (Fsp3) is 0.548. The third-order valence-corrected chi connectivity index (χ3v) is 9.04. The maximum Gasteiger partial charge on any atom is 0.410 e. The molecule has 1 spiro atoms. The van der Waals surface area contributed by atoms with E-state index in [0.29, 0.717) is 43.9 Å². The van der Waals surface area contributed by atoms with Crippen LogP contribution in [-0.4, -0.2) is 76.9 Å². The second-order valence-corrected chi connectivity index (χ2v) is 13.2. The van der Waals surface area contributed by atoms with Crippen molar-refractivity contribution in [3.8, 4) is 0 Å². The van der Waals surface area contributed by atoms with Crippen LogP contribution in [0.25, 0.3) is 10.9 Å². The Morgan fingerprint density at radius 1 is 1.14 bits per heavy atom. The SMILES string of the molecule is C[C@@H]1Cc2c(ccc3[nH]ncc23)[C@@H](c2c(F)cc(N3CCC4(CC3)CN(C(=O)OC(C)(C)C)C4)cc2F)N1CC(F)F. The fourth-order valence-electron chi connectivity index (χ4n) is 6.98. The van der Waals surface area contributed by atoms with Crippen molar-refractivity contribution in [1.82, 2.24) is 20.0 Å². The number of nitrogens with zero attached hydrogens (tertiary/aromatic N) is 4. The number of halogens is 4. The van der Waals surface area contributed by atoms with E-state index in [1.54, 1.807) is 23.2 Å². The number of piperidine rings is 1. The highest BCUT2D eigenvalue weighted by Crippen LogP contribution is 2.45. The quantitative estimate of drug-likeness (QED) is 0.364. The lowest BCUT2D eigenvalue weighted by Gasteiger charge is -2.54. The Bertz CT molecular complexity index is 1460. The first kappa shape index (κ1) is 28.8. The molecule has 1 N–H and O–H groups in total. The zero-order valence-electron chi connectivity index (χ0n) is 24.4. The van der Waals surface area contributed by atoms with Crippen molar-refractivity contribution < 1.29 is 27.1 Å². The summed E-state index contributed by atoms with van der Waals surface area (Å²) >= 11 is 0. The first-order chi connectivity index (χ1) is 19.8. The smallest absolute Gasteiger partial charge is 0.410 e. The molecule has 1 amide bonds. The third-order valence-electron chi connectivity index (χ3n) is 9.04. The average molecular weight is 588 g/mol. The molecule has 4 heterocycles. The lowest BCUT2D eigenvalue weighted by molar-refractivity contribution is -0.0434. The van der Waals surface area contributed by atoms with Gasteiger partial charge in [0.1, 0.15) is 17.2 Å². The zero-order chi connectivity index (χ0) is 30.0. The molecule has 42 heavy (non-hydrogen) atoms. The number of nitrogens with one attached hydrogen (secondary N) is 1. The number of rotatable bonds is 4. The van der Waals surface area contributed by atoms with Crippen LogP contribution >= 0.6 is 0 Å². The Hall–Kier alpha value is -3.34. The van der Waals surface area contributed by atoms with E-state index in [4.69, 9.17) is 4.74 Å². The van der Waals surface area contributed by atoms with Gasteiger partial charge in [-0.1, -0.05) is 6.07 Å². The minimum atomic E-state index is -2.65. The van der Waals surface area contributed by atoms with Crippen LogP contribution in [0.3, 0.4) is 0 Å². The number of alkyl halides is 2. The highest BCUT2D eigenvalue weighted by Gasteiger charge is 2.48. The van der Waals surface area contributed by atoms with E-state index in [-0.39, 0.29) is 23.1 Å². The first-order valence-corrected chi connectivity index (χ1v) is 14.5. The standard InChI is InChI=1S/C31H37F4N5O2/c1-18-11-21-20(5-6-25-22(21)14-36-37-25)28(40(18)15-26(34)35)27-23(32)12-19(13-24(27)33)38-9-7-31(8-10-38)16-39(17-31)29(41)42-30(2,3)4/h5-6,12-14,18,26,28H,7-11,15-17H2,1-4H3,(H,36,37)/t18-,28+/m1/s1. The predicted molar refractivity (Wildman–Crippen MR) is 152 cm³/mol. The van der Waals surface area contributed by atoms with E-state index >= 15 is 8.78 Å². The van der Waals surface area contributed by atoms with Crippen LogP contribution < -0.4 is 4.90 Å². The number of likely N-dealkylation sites (tertiary alicyclic amines) is 1. The van der Waals surface area contributed by atoms with Gasteiger partial charge in [-0.15, -0.1) is 0 Å². The molecule has 3 aromatic rings. The molecule has 0 aliphatic carbocycles. The Morgan fingerprint density at radius 2 is 1.81 bits per heavy atom. The normalized spacial score (nSPS) is 22.5. The molecule has 2 atom stereocenters. The van der Waals surface area contributed by atoms with Crippen molar-refractivity contribution in [2.75, 3.05) is 37.6 Å². The number of hydrogen-bond acceptors (Lipinski definition) is 5. The largest absolute Gasteiger partial charge is 0.444 e. The summed E-state index contributed by atoms with van der Waals surface area (Å²) in [6.45, 7) is 9.15. The van der Waals surface area contributed by atoms with E-state index in [1.807, 2.05) is 32.6 Å². The van der Waals surface area contributed by atoms with Crippen LogP contribution in [0.2, 0.25) is 0 Å². The molecule has 6 rings (SSSR count).